The van der Waals surface area contributed by atoms with Gasteiger partial charge >= 0.3 is 0 Å². The van der Waals surface area contributed by atoms with Crippen molar-refractivity contribution >= 4 is 28.6 Å². The normalized spacial score (nSPS) is 11.5. The second-order valence-electron chi connectivity index (χ2n) is 7.45. The molecule has 0 bridgehead atoms. The van der Waals surface area contributed by atoms with E-state index in [9.17, 15) is 4.79 Å². The van der Waals surface area contributed by atoms with Gasteiger partial charge in [0.2, 0.25) is 5.91 Å². The molecule has 2 aromatic rings. The molecular weight excluding hydrogens is 316 g/mol. The Morgan fingerprint density at radius 3 is 2.62 bits per heavy atom. The molecule has 0 saturated carbocycles. The highest BCUT2D eigenvalue weighted by Gasteiger charge is 2.10. The number of carbonyl (C=O) groups excluding carboxylic acids is 1. The Balaban J connectivity index is 1.84. The second kappa shape index (κ2) is 8.34. The van der Waals surface area contributed by atoms with E-state index in [1.807, 2.05) is 29.6 Å². The molecule has 0 spiro atoms. The molecule has 1 amide bonds. The fraction of sp³-hybridized carbons (Fsp3) is 0.450. The van der Waals surface area contributed by atoms with Gasteiger partial charge in [0.25, 0.3) is 0 Å². The molecule has 0 aliphatic carbocycles. The summed E-state index contributed by atoms with van der Waals surface area (Å²) in [6, 6.07) is 9.89. The number of nitrogens with one attached hydrogen (secondary N) is 1. The summed E-state index contributed by atoms with van der Waals surface area (Å²) in [5, 5.41) is 5.00. The Kier molecular flexibility index (Phi) is 6.44. The molecule has 0 radical (unpaired) electrons. The molecule has 0 atom stereocenters. The first-order valence-corrected chi connectivity index (χ1v) is 9.46. The van der Waals surface area contributed by atoms with Crippen molar-refractivity contribution < 1.29 is 4.79 Å². The van der Waals surface area contributed by atoms with Crippen molar-refractivity contribution in [3.8, 4) is 10.4 Å². The number of nitrogen functional groups attached to an aromatic ring is 1. The van der Waals surface area contributed by atoms with Crippen LogP contribution in [0.5, 0.6) is 0 Å². The average molecular weight is 345 g/mol. The average Bonchev–Trinajstić information content (AvgIpc) is 3.02. The maximum Gasteiger partial charge on any atom is 0.224 e. The number of carbonyl (C=O) groups is 1. The first-order chi connectivity index (χ1) is 11.3. The highest BCUT2D eigenvalue weighted by atomic mass is 32.1. The van der Waals surface area contributed by atoms with Crippen molar-refractivity contribution in [1.82, 2.24) is 0 Å². The van der Waals surface area contributed by atoms with Gasteiger partial charge in [0.1, 0.15) is 0 Å². The van der Waals surface area contributed by atoms with E-state index in [4.69, 9.17) is 5.73 Å². The Hall–Kier alpha value is -1.81. The number of rotatable bonds is 7. The molecule has 0 aliphatic rings. The van der Waals surface area contributed by atoms with E-state index < -0.39 is 0 Å². The molecule has 1 aromatic carbocycles. The molecule has 4 heteroatoms. The van der Waals surface area contributed by atoms with E-state index in [1.54, 1.807) is 11.3 Å². The van der Waals surface area contributed by atoms with Crippen LogP contribution in [0, 0.1) is 5.41 Å². The van der Waals surface area contributed by atoms with Crippen molar-refractivity contribution in [2.75, 3.05) is 11.1 Å². The van der Waals surface area contributed by atoms with Crippen LogP contribution in [-0.2, 0) is 4.79 Å². The largest absolute Gasteiger partial charge is 0.397 e. The fourth-order valence-electron chi connectivity index (χ4n) is 2.59. The SMILES string of the molecule is CC(C)(C)CCCCCC(=O)Nc1cc(-c2cccs2)ccc1N. The number of unbranched alkanes of at least 4 members (excludes halogenated alkanes) is 2. The summed E-state index contributed by atoms with van der Waals surface area (Å²) in [5.41, 5.74) is 8.78. The number of benzene rings is 1. The minimum Gasteiger partial charge on any atom is -0.397 e. The van der Waals surface area contributed by atoms with Crippen molar-refractivity contribution in [3.63, 3.8) is 0 Å². The van der Waals surface area contributed by atoms with Crippen molar-refractivity contribution in [3.05, 3.63) is 35.7 Å². The standard InChI is InChI=1S/C20H28N2OS/c1-20(2,3)12-6-4-5-9-19(23)22-17-14-15(10-11-16(17)21)18-8-7-13-24-18/h7-8,10-11,13-14H,4-6,9,12,21H2,1-3H3,(H,22,23). The van der Waals surface area contributed by atoms with E-state index in [1.165, 1.54) is 17.7 Å². The summed E-state index contributed by atoms with van der Waals surface area (Å²) in [5.74, 6) is 0.0424. The Bertz CT molecular complexity index is 657. The third-order valence-electron chi connectivity index (χ3n) is 3.96. The van der Waals surface area contributed by atoms with Gasteiger partial charge < -0.3 is 11.1 Å². The van der Waals surface area contributed by atoms with Crippen LogP contribution < -0.4 is 11.1 Å². The molecule has 2 rings (SSSR count). The van der Waals surface area contributed by atoms with E-state index in [2.05, 4.69) is 32.2 Å². The van der Waals surface area contributed by atoms with Crippen LogP contribution >= 0.6 is 11.3 Å². The van der Waals surface area contributed by atoms with Gasteiger partial charge in [-0.3, -0.25) is 4.79 Å². The van der Waals surface area contributed by atoms with Crippen LogP contribution in [0.3, 0.4) is 0 Å². The summed E-state index contributed by atoms with van der Waals surface area (Å²) in [6.45, 7) is 6.76. The molecule has 1 aromatic heterocycles. The monoisotopic (exact) mass is 344 g/mol. The quantitative estimate of drug-likeness (QED) is 0.483. The lowest BCUT2D eigenvalue weighted by Gasteiger charge is -2.17. The van der Waals surface area contributed by atoms with Crippen molar-refractivity contribution in [1.29, 1.82) is 0 Å². The number of amides is 1. The van der Waals surface area contributed by atoms with Gasteiger partial charge in [-0.1, -0.05) is 45.7 Å². The molecular formula is C20H28N2OS. The van der Waals surface area contributed by atoms with Crippen LogP contribution in [0.4, 0.5) is 11.4 Å². The minimum absolute atomic E-state index is 0.0424. The molecule has 3 N–H and O–H groups in total. The van der Waals surface area contributed by atoms with Crippen molar-refractivity contribution in [2.45, 2.75) is 52.9 Å². The highest BCUT2D eigenvalue weighted by molar-refractivity contribution is 7.13. The maximum atomic E-state index is 12.2. The lowest BCUT2D eigenvalue weighted by molar-refractivity contribution is -0.116. The molecule has 130 valence electrons. The Morgan fingerprint density at radius 2 is 1.96 bits per heavy atom. The predicted octanol–water partition coefficient (Wildman–Crippen LogP) is 5.93. The molecule has 0 aliphatic heterocycles. The fourth-order valence-corrected chi connectivity index (χ4v) is 3.31. The van der Waals surface area contributed by atoms with E-state index in [0.29, 0.717) is 23.2 Å². The van der Waals surface area contributed by atoms with Crippen LogP contribution in [0.25, 0.3) is 10.4 Å². The summed E-state index contributed by atoms with van der Waals surface area (Å²) in [7, 11) is 0. The summed E-state index contributed by atoms with van der Waals surface area (Å²) < 4.78 is 0. The maximum absolute atomic E-state index is 12.2. The second-order valence-corrected chi connectivity index (χ2v) is 8.40. The van der Waals surface area contributed by atoms with Crippen molar-refractivity contribution in [2.24, 2.45) is 5.41 Å². The van der Waals surface area contributed by atoms with E-state index in [0.717, 1.165) is 18.4 Å². The van der Waals surface area contributed by atoms with Gasteiger partial charge in [-0.05, 0) is 47.4 Å². The number of anilines is 2. The number of hydrogen-bond acceptors (Lipinski definition) is 3. The zero-order valence-corrected chi connectivity index (χ0v) is 15.7. The van der Waals surface area contributed by atoms with Crippen LogP contribution in [0.1, 0.15) is 52.9 Å². The predicted molar refractivity (Wildman–Crippen MR) is 105 cm³/mol. The van der Waals surface area contributed by atoms with Gasteiger partial charge in [-0.25, -0.2) is 0 Å². The third kappa shape index (κ3) is 6.00. The number of nitrogens with two attached hydrogens (primary N) is 1. The first-order valence-electron chi connectivity index (χ1n) is 8.58. The summed E-state index contributed by atoms with van der Waals surface area (Å²) in [4.78, 5) is 13.3. The first kappa shape index (κ1) is 18.5. The highest BCUT2D eigenvalue weighted by Crippen LogP contribution is 2.30. The summed E-state index contributed by atoms with van der Waals surface area (Å²) in [6.07, 6.45) is 4.94. The molecule has 24 heavy (non-hydrogen) atoms. The number of thiophene rings is 1. The van der Waals surface area contributed by atoms with Gasteiger partial charge in [0.05, 0.1) is 11.4 Å². The van der Waals surface area contributed by atoms with Gasteiger partial charge in [0, 0.05) is 11.3 Å². The van der Waals surface area contributed by atoms with Gasteiger partial charge in [-0.2, -0.15) is 0 Å². The van der Waals surface area contributed by atoms with Gasteiger partial charge in [-0.15, -0.1) is 11.3 Å². The lowest BCUT2D eigenvalue weighted by atomic mass is 9.89. The van der Waals surface area contributed by atoms with Crippen LogP contribution in [0.2, 0.25) is 0 Å². The molecule has 3 nitrogen and oxygen atoms in total. The molecule has 0 saturated heterocycles. The minimum atomic E-state index is 0.0424. The zero-order chi connectivity index (χ0) is 17.6. The summed E-state index contributed by atoms with van der Waals surface area (Å²) >= 11 is 1.68. The number of hydrogen-bond donors (Lipinski definition) is 2. The van der Waals surface area contributed by atoms with Gasteiger partial charge in [0.15, 0.2) is 0 Å². The topological polar surface area (TPSA) is 55.1 Å². The lowest BCUT2D eigenvalue weighted by Crippen LogP contribution is -2.12. The Morgan fingerprint density at radius 1 is 1.17 bits per heavy atom. The third-order valence-corrected chi connectivity index (χ3v) is 4.88. The molecule has 0 fully saturated rings. The molecule has 0 unspecified atom stereocenters. The zero-order valence-electron chi connectivity index (χ0n) is 14.9. The van der Waals surface area contributed by atoms with E-state index >= 15 is 0 Å². The van der Waals surface area contributed by atoms with E-state index in [-0.39, 0.29) is 5.91 Å². The molecule has 1 heterocycles. The smallest absolute Gasteiger partial charge is 0.224 e. The Labute approximate surface area is 149 Å². The van der Waals surface area contributed by atoms with Crippen LogP contribution in [-0.4, -0.2) is 5.91 Å². The van der Waals surface area contributed by atoms with Crippen LogP contribution in [0.15, 0.2) is 35.7 Å².